The van der Waals surface area contributed by atoms with E-state index in [1.54, 1.807) is 25.2 Å². The zero-order valence-electron chi connectivity index (χ0n) is 9.64. The molecule has 0 spiro atoms. The Hall–Kier alpha value is -1.43. The summed E-state index contributed by atoms with van der Waals surface area (Å²) in [5.74, 6) is -0.568. The number of carbonyl (C=O) groups is 2. The van der Waals surface area contributed by atoms with Crippen LogP contribution >= 0.6 is 15.9 Å². The second-order valence-corrected chi connectivity index (χ2v) is 4.21. The van der Waals surface area contributed by atoms with Gasteiger partial charge in [-0.2, -0.15) is 0 Å². The van der Waals surface area contributed by atoms with E-state index in [0.717, 1.165) is 0 Å². The minimum Gasteiger partial charge on any atom is -0.469 e. The van der Waals surface area contributed by atoms with E-state index in [4.69, 9.17) is 0 Å². The number of hydrogen-bond donors (Lipinski definition) is 0. The van der Waals surface area contributed by atoms with Crippen LogP contribution in [0.15, 0.2) is 22.8 Å². The van der Waals surface area contributed by atoms with Gasteiger partial charge in [0, 0.05) is 13.6 Å². The molecule has 1 amide bonds. The molecule has 6 heteroatoms. The summed E-state index contributed by atoms with van der Waals surface area (Å²) in [5, 5.41) is 0. The molecule has 92 valence electrons. The number of ether oxygens (including phenoxy) is 1. The number of nitrogens with zero attached hydrogens (tertiary/aromatic N) is 2. The molecule has 0 N–H and O–H groups in total. The molecule has 0 aliphatic heterocycles. The van der Waals surface area contributed by atoms with Crippen molar-refractivity contribution in [3.63, 3.8) is 0 Å². The molecule has 0 radical (unpaired) electrons. The van der Waals surface area contributed by atoms with Gasteiger partial charge in [0.15, 0.2) is 0 Å². The molecule has 0 aliphatic rings. The number of halogens is 1. The highest BCUT2D eigenvalue weighted by molar-refractivity contribution is 9.10. The average molecular weight is 301 g/mol. The van der Waals surface area contributed by atoms with Crippen LogP contribution in [0, 0.1) is 0 Å². The average Bonchev–Trinajstić information content (AvgIpc) is 2.34. The molecule has 1 heterocycles. The Morgan fingerprint density at radius 3 is 2.76 bits per heavy atom. The number of methoxy groups -OCH3 is 1. The second-order valence-electron chi connectivity index (χ2n) is 3.40. The van der Waals surface area contributed by atoms with Crippen LogP contribution in [-0.2, 0) is 9.53 Å². The molecule has 0 fully saturated rings. The minimum absolute atomic E-state index is 0.173. The molecule has 17 heavy (non-hydrogen) atoms. The van der Waals surface area contributed by atoms with Gasteiger partial charge in [-0.1, -0.05) is 6.07 Å². The molecule has 0 bridgehead atoms. The molecule has 0 aromatic carbocycles. The van der Waals surface area contributed by atoms with E-state index in [2.05, 4.69) is 25.7 Å². The first-order valence-corrected chi connectivity index (χ1v) is 5.78. The minimum atomic E-state index is -0.341. The molecule has 0 unspecified atom stereocenters. The summed E-state index contributed by atoms with van der Waals surface area (Å²) in [4.78, 5) is 28.3. The van der Waals surface area contributed by atoms with Crippen LogP contribution in [0.2, 0.25) is 0 Å². The smallest absolute Gasteiger partial charge is 0.307 e. The molecule has 5 nitrogen and oxygen atoms in total. The van der Waals surface area contributed by atoms with Crippen LogP contribution in [0.25, 0.3) is 0 Å². The number of pyridine rings is 1. The lowest BCUT2D eigenvalue weighted by molar-refractivity contribution is -0.140. The molecule has 1 rings (SSSR count). The number of amides is 1. The van der Waals surface area contributed by atoms with Gasteiger partial charge < -0.3 is 9.64 Å². The molecular formula is C11H13BrN2O3. The van der Waals surface area contributed by atoms with Crippen molar-refractivity contribution in [3.8, 4) is 0 Å². The van der Waals surface area contributed by atoms with E-state index >= 15 is 0 Å². The largest absolute Gasteiger partial charge is 0.469 e. The monoisotopic (exact) mass is 300 g/mol. The summed E-state index contributed by atoms with van der Waals surface area (Å²) in [6.45, 7) is 0.305. The lowest BCUT2D eigenvalue weighted by Crippen LogP contribution is -2.29. The predicted octanol–water partition coefficient (Wildman–Crippen LogP) is 1.48. The Balaban J connectivity index is 2.61. The maximum atomic E-state index is 11.9. The third-order valence-electron chi connectivity index (χ3n) is 2.16. The molecular weight excluding hydrogens is 288 g/mol. The zero-order chi connectivity index (χ0) is 12.8. The number of esters is 1. The number of rotatable bonds is 4. The first-order valence-electron chi connectivity index (χ1n) is 4.99. The van der Waals surface area contributed by atoms with Crippen molar-refractivity contribution in [3.05, 3.63) is 28.5 Å². The lowest BCUT2D eigenvalue weighted by Gasteiger charge is -2.15. The Kier molecular flexibility index (Phi) is 5.09. The van der Waals surface area contributed by atoms with Crippen molar-refractivity contribution in [1.29, 1.82) is 0 Å². The van der Waals surface area contributed by atoms with Crippen LogP contribution in [0.5, 0.6) is 0 Å². The van der Waals surface area contributed by atoms with Crippen molar-refractivity contribution < 1.29 is 14.3 Å². The highest BCUT2D eigenvalue weighted by Crippen LogP contribution is 2.08. The van der Waals surface area contributed by atoms with Gasteiger partial charge in [-0.25, -0.2) is 4.98 Å². The Labute approximate surface area is 108 Å². The quantitative estimate of drug-likeness (QED) is 0.624. The summed E-state index contributed by atoms with van der Waals surface area (Å²) in [6, 6.07) is 5.10. The van der Waals surface area contributed by atoms with Crippen LogP contribution in [0.3, 0.4) is 0 Å². The lowest BCUT2D eigenvalue weighted by atomic mass is 10.3. The highest BCUT2D eigenvalue weighted by Gasteiger charge is 2.14. The van der Waals surface area contributed by atoms with Crippen molar-refractivity contribution in [2.45, 2.75) is 6.42 Å². The van der Waals surface area contributed by atoms with E-state index in [1.807, 2.05) is 0 Å². The van der Waals surface area contributed by atoms with Crippen LogP contribution in [0.4, 0.5) is 0 Å². The third kappa shape index (κ3) is 4.14. The fraction of sp³-hybridized carbons (Fsp3) is 0.364. The van der Waals surface area contributed by atoms with Crippen LogP contribution in [0.1, 0.15) is 16.9 Å². The van der Waals surface area contributed by atoms with E-state index in [9.17, 15) is 9.59 Å². The Morgan fingerprint density at radius 1 is 1.47 bits per heavy atom. The topological polar surface area (TPSA) is 59.5 Å². The SMILES string of the molecule is COC(=O)CCN(C)C(=O)c1cccc(Br)n1. The normalized spacial score (nSPS) is 9.82. The molecule has 1 aromatic heterocycles. The van der Waals surface area contributed by atoms with Gasteiger partial charge in [0.1, 0.15) is 10.3 Å². The van der Waals surface area contributed by atoms with Gasteiger partial charge in [0.2, 0.25) is 0 Å². The van der Waals surface area contributed by atoms with Crippen molar-refractivity contribution in [2.75, 3.05) is 20.7 Å². The van der Waals surface area contributed by atoms with Gasteiger partial charge in [-0.15, -0.1) is 0 Å². The summed E-state index contributed by atoms with van der Waals surface area (Å²) in [5.41, 5.74) is 0.340. The highest BCUT2D eigenvalue weighted by atomic mass is 79.9. The van der Waals surface area contributed by atoms with Gasteiger partial charge in [0.05, 0.1) is 13.5 Å². The van der Waals surface area contributed by atoms with Crippen molar-refractivity contribution in [2.24, 2.45) is 0 Å². The molecule has 1 aromatic rings. The molecule has 0 atom stereocenters. The van der Waals surface area contributed by atoms with Gasteiger partial charge in [-0.3, -0.25) is 9.59 Å². The maximum Gasteiger partial charge on any atom is 0.307 e. The van der Waals surface area contributed by atoms with Gasteiger partial charge >= 0.3 is 5.97 Å². The molecule has 0 saturated carbocycles. The van der Waals surface area contributed by atoms with Gasteiger partial charge in [0.25, 0.3) is 5.91 Å². The van der Waals surface area contributed by atoms with E-state index in [1.165, 1.54) is 12.0 Å². The van der Waals surface area contributed by atoms with E-state index in [0.29, 0.717) is 16.8 Å². The standard InChI is InChI=1S/C11H13BrN2O3/c1-14(7-6-10(15)17-2)11(16)8-4-3-5-9(12)13-8/h3-5H,6-7H2,1-2H3. The van der Waals surface area contributed by atoms with Crippen molar-refractivity contribution >= 4 is 27.8 Å². The first kappa shape index (κ1) is 13.6. The summed E-state index contributed by atoms with van der Waals surface area (Å²) in [6.07, 6.45) is 0.173. The van der Waals surface area contributed by atoms with E-state index in [-0.39, 0.29) is 18.3 Å². The predicted molar refractivity (Wildman–Crippen MR) is 65.5 cm³/mol. The van der Waals surface area contributed by atoms with Gasteiger partial charge in [-0.05, 0) is 28.1 Å². The number of carbonyl (C=O) groups excluding carboxylic acids is 2. The summed E-state index contributed by atoms with van der Waals surface area (Å²) >= 11 is 3.20. The number of aromatic nitrogens is 1. The zero-order valence-corrected chi connectivity index (χ0v) is 11.2. The maximum absolute atomic E-state index is 11.9. The summed E-state index contributed by atoms with van der Waals surface area (Å²) in [7, 11) is 2.94. The molecule has 0 aliphatic carbocycles. The molecule has 0 saturated heterocycles. The fourth-order valence-electron chi connectivity index (χ4n) is 1.19. The third-order valence-corrected chi connectivity index (χ3v) is 2.60. The Bertz CT molecular complexity index is 423. The fourth-order valence-corrected chi connectivity index (χ4v) is 1.53. The van der Waals surface area contributed by atoms with Crippen LogP contribution in [-0.4, -0.2) is 42.5 Å². The Morgan fingerprint density at radius 2 is 2.18 bits per heavy atom. The van der Waals surface area contributed by atoms with Crippen LogP contribution < -0.4 is 0 Å². The van der Waals surface area contributed by atoms with E-state index < -0.39 is 0 Å². The van der Waals surface area contributed by atoms with Crippen molar-refractivity contribution in [1.82, 2.24) is 9.88 Å². The summed E-state index contributed by atoms with van der Waals surface area (Å²) < 4.78 is 5.11. The second kappa shape index (κ2) is 6.34. The number of hydrogen-bond acceptors (Lipinski definition) is 4. The first-order chi connectivity index (χ1) is 8.04.